The van der Waals surface area contributed by atoms with Gasteiger partial charge >= 0.3 is 6.18 Å². The highest BCUT2D eigenvalue weighted by Gasteiger charge is 2.41. The lowest BCUT2D eigenvalue weighted by molar-refractivity contribution is -0.179. The summed E-state index contributed by atoms with van der Waals surface area (Å²) in [7, 11) is 0. The number of primary amides is 1. The number of nitrogens with zero attached hydrogens (tertiary/aromatic N) is 2. The largest absolute Gasteiger partial charge is 0.391 e. The van der Waals surface area contributed by atoms with E-state index in [9.17, 15) is 22.8 Å². The summed E-state index contributed by atoms with van der Waals surface area (Å²) in [6.07, 6.45) is -3.86. The third-order valence-corrected chi connectivity index (χ3v) is 7.36. The maximum absolute atomic E-state index is 13.0. The molecule has 2 amide bonds. The molecule has 10 heteroatoms. The molecule has 0 aromatic heterocycles. The van der Waals surface area contributed by atoms with Crippen LogP contribution in [0.4, 0.5) is 30.2 Å². The number of nitrogens with one attached hydrogen (secondary N) is 1. The van der Waals surface area contributed by atoms with Gasteiger partial charge in [0.1, 0.15) is 0 Å². The number of amides is 2. The third kappa shape index (κ3) is 5.66. The van der Waals surface area contributed by atoms with Gasteiger partial charge in [-0.15, -0.1) is 0 Å². The Labute approximate surface area is 207 Å². The third-order valence-electron chi connectivity index (χ3n) is 6.89. The Morgan fingerprint density at radius 1 is 1.14 bits per heavy atom. The zero-order chi connectivity index (χ0) is 25.3. The van der Waals surface area contributed by atoms with E-state index in [1.807, 2.05) is 48.2 Å². The molecule has 3 N–H and O–H groups in total. The summed E-state index contributed by atoms with van der Waals surface area (Å²) >= 11 is 6.62. The summed E-state index contributed by atoms with van der Waals surface area (Å²) in [5, 5.41) is 3.85. The first-order valence-electron chi connectivity index (χ1n) is 11.6. The number of alkyl halides is 3. The van der Waals surface area contributed by atoms with Crippen LogP contribution in [-0.2, 0) is 16.1 Å². The summed E-state index contributed by atoms with van der Waals surface area (Å²) in [6.45, 7) is 3.26. The molecule has 2 saturated heterocycles. The lowest BCUT2D eigenvalue weighted by Gasteiger charge is -2.35. The topological polar surface area (TPSA) is 78.7 Å². The quantitative estimate of drug-likeness (QED) is 0.575. The second kappa shape index (κ2) is 9.97. The predicted octanol–water partition coefficient (Wildman–Crippen LogP) is 5.00. The number of rotatable bonds is 6. The average molecular weight is 509 g/mol. The molecule has 2 heterocycles. The van der Waals surface area contributed by atoms with Gasteiger partial charge in [0.15, 0.2) is 0 Å². The van der Waals surface area contributed by atoms with Crippen LogP contribution in [0.2, 0.25) is 5.02 Å². The van der Waals surface area contributed by atoms with Crippen molar-refractivity contribution in [3.63, 3.8) is 0 Å². The number of piperidine rings is 1. The second-order valence-corrected chi connectivity index (χ2v) is 9.65. The van der Waals surface area contributed by atoms with E-state index < -0.39 is 23.9 Å². The normalized spacial score (nSPS) is 19.3. The van der Waals surface area contributed by atoms with Crippen molar-refractivity contribution < 1.29 is 22.8 Å². The molecule has 2 aliphatic rings. The summed E-state index contributed by atoms with van der Waals surface area (Å²) in [6, 6.07) is 11.3. The van der Waals surface area contributed by atoms with Gasteiger partial charge in [-0.3, -0.25) is 9.59 Å². The number of anilines is 3. The second-order valence-electron chi connectivity index (χ2n) is 9.27. The Kier molecular flexibility index (Phi) is 7.17. The summed E-state index contributed by atoms with van der Waals surface area (Å²) in [4.78, 5) is 27.0. The maximum atomic E-state index is 13.0. The van der Waals surface area contributed by atoms with E-state index in [1.54, 1.807) is 4.90 Å². The molecule has 2 aromatic carbocycles. The Morgan fingerprint density at radius 2 is 1.80 bits per heavy atom. The van der Waals surface area contributed by atoms with Gasteiger partial charge in [-0.2, -0.15) is 13.2 Å². The van der Waals surface area contributed by atoms with Crippen LogP contribution in [0.25, 0.3) is 0 Å². The van der Waals surface area contributed by atoms with Crippen LogP contribution in [0, 0.1) is 18.8 Å². The first-order valence-corrected chi connectivity index (χ1v) is 11.9. The lowest BCUT2D eigenvalue weighted by atomic mass is 9.95. The van der Waals surface area contributed by atoms with Crippen LogP contribution in [0.15, 0.2) is 36.4 Å². The molecule has 1 atom stereocenters. The Bertz CT molecular complexity index is 1100. The molecule has 0 bridgehead atoms. The van der Waals surface area contributed by atoms with Crippen molar-refractivity contribution >= 4 is 40.5 Å². The van der Waals surface area contributed by atoms with E-state index in [4.69, 9.17) is 17.3 Å². The zero-order valence-electron chi connectivity index (χ0n) is 19.4. The minimum atomic E-state index is -4.15. The van der Waals surface area contributed by atoms with E-state index >= 15 is 0 Å². The van der Waals surface area contributed by atoms with Crippen molar-refractivity contribution in [1.82, 2.24) is 4.90 Å². The molecule has 188 valence electrons. The average Bonchev–Trinajstić information content (AvgIpc) is 3.18. The molecule has 0 aliphatic carbocycles. The fourth-order valence-corrected chi connectivity index (χ4v) is 4.97. The molecule has 2 fully saturated rings. The monoisotopic (exact) mass is 508 g/mol. The highest BCUT2D eigenvalue weighted by molar-refractivity contribution is 6.34. The molecule has 35 heavy (non-hydrogen) atoms. The van der Waals surface area contributed by atoms with E-state index in [0.717, 1.165) is 28.2 Å². The number of benzene rings is 2. The number of carbonyl (C=O) groups is 2. The lowest BCUT2D eigenvalue weighted by Crippen LogP contribution is -2.39. The smallest absolute Gasteiger partial charge is 0.370 e. The number of hydrogen-bond acceptors (Lipinski definition) is 4. The minimum Gasteiger partial charge on any atom is -0.370 e. The first-order chi connectivity index (χ1) is 16.5. The van der Waals surface area contributed by atoms with Gasteiger partial charge in [0.25, 0.3) is 0 Å². The fourth-order valence-electron chi connectivity index (χ4n) is 4.68. The van der Waals surface area contributed by atoms with Crippen LogP contribution in [0.3, 0.4) is 0 Å². The van der Waals surface area contributed by atoms with Crippen molar-refractivity contribution in [2.75, 3.05) is 29.9 Å². The van der Waals surface area contributed by atoms with Crippen LogP contribution in [0.1, 0.15) is 30.4 Å². The molecule has 2 aromatic rings. The van der Waals surface area contributed by atoms with Crippen LogP contribution in [-0.4, -0.2) is 42.5 Å². The van der Waals surface area contributed by atoms with Crippen LogP contribution >= 0.6 is 11.6 Å². The van der Waals surface area contributed by atoms with E-state index in [2.05, 4.69) is 5.32 Å². The molecule has 0 saturated carbocycles. The van der Waals surface area contributed by atoms with Crippen molar-refractivity contribution in [3.8, 4) is 0 Å². The number of likely N-dealkylation sites (tertiary alicyclic amines) is 1. The number of halogens is 4. The molecule has 4 rings (SSSR count). The van der Waals surface area contributed by atoms with Gasteiger partial charge in [0.05, 0.1) is 22.5 Å². The van der Waals surface area contributed by atoms with E-state index in [1.165, 1.54) is 0 Å². The van der Waals surface area contributed by atoms with Gasteiger partial charge in [-0.05, 0) is 55.2 Å². The number of nitrogens with two attached hydrogens (primary N) is 1. The molecule has 0 spiro atoms. The fraction of sp³-hybridized carbons (Fsp3) is 0.440. The highest BCUT2D eigenvalue weighted by atomic mass is 35.5. The highest BCUT2D eigenvalue weighted by Crippen LogP contribution is 2.39. The number of hydrogen-bond donors (Lipinski definition) is 2. The molecule has 0 radical (unpaired) electrons. The number of carbonyl (C=O) groups excluding carboxylic acids is 2. The molecule has 2 aliphatic heterocycles. The van der Waals surface area contributed by atoms with Crippen molar-refractivity contribution in [1.29, 1.82) is 0 Å². The Hall–Kier alpha value is -2.94. The van der Waals surface area contributed by atoms with Gasteiger partial charge in [0.2, 0.25) is 11.8 Å². The molecule has 1 unspecified atom stereocenters. The van der Waals surface area contributed by atoms with Gasteiger partial charge in [-0.25, -0.2) is 0 Å². The predicted molar refractivity (Wildman–Crippen MR) is 130 cm³/mol. The first kappa shape index (κ1) is 25.2. The van der Waals surface area contributed by atoms with E-state index in [-0.39, 0.29) is 25.2 Å². The van der Waals surface area contributed by atoms with Crippen LogP contribution < -0.4 is 16.0 Å². The van der Waals surface area contributed by atoms with E-state index in [0.29, 0.717) is 31.2 Å². The standard InChI is InChI=1S/C25H28ClF3N4O2/c1-15-20(6-7-21(23(15)26)32-10-8-18(9-11-32)25(27,28)29)31-19-4-2-16(3-5-19)13-33-14-17(24(30)35)12-22(33)34/h2-7,17-18,31H,8-14H2,1H3,(H2,30,35). The van der Waals surface area contributed by atoms with Crippen molar-refractivity contribution in [2.24, 2.45) is 17.6 Å². The molecular formula is C25H28ClF3N4O2. The van der Waals surface area contributed by atoms with Gasteiger partial charge in [0, 0.05) is 44.0 Å². The maximum Gasteiger partial charge on any atom is 0.391 e. The summed E-state index contributed by atoms with van der Waals surface area (Å²) in [5.74, 6) is -2.22. The van der Waals surface area contributed by atoms with Crippen LogP contribution in [0.5, 0.6) is 0 Å². The SMILES string of the molecule is Cc1c(Nc2ccc(CN3CC(C(N)=O)CC3=O)cc2)ccc(N2CCC(C(F)(F)F)CC2)c1Cl. The van der Waals surface area contributed by atoms with Gasteiger partial charge < -0.3 is 20.9 Å². The van der Waals surface area contributed by atoms with Crippen molar-refractivity contribution in [3.05, 3.63) is 52.5 Å². The molecular weight excluding hydrogens is 481 g/mol. The van der Waals surface area contributed by atoms with Crippen molar-refractivity contribution in [2.45, 2.75) is 38.9 Å². The van der Waals surface area contributed by atoms with Gasteiger partial charge in [-0.1, -0.05) is 23.7 Å². The zero-order valence-corrected chi connectivity index (χ0v) is 20.1. The summed E-state index contributed by atoms with van der Waals surface area (Å²) < 4.78 is 38.9. The Morgan fingerprint density at radius 3 is 2.37 bits per heavy atom. The minimum absolute atomic E-state index is 0.0669. The Balaban J connectivity index is 1.39. The summed E-state index contributed by atoms with van der Waals surface area (Å²) in [5.41, 5.74) is 9.44. The molecule has 6 nitrogen and oxygen atoms in total.